The van der Waals surface area contributed by atoms with Gasteiger partial charge >= 0.3 is 11.9 Å². The van der Waals surface area contributed by atoms with Crippen LogP contribution in [0.25, 0.3) is 0 Å². The Bertz CT molecular complexity index is 534. The normalized spacial score (nSPS) is 12.6. The van der Waals surface area contributed by atoms with Gasteiger partial charge in [-0.15, -0.1) is 0 Å². The molecule has 0 amide bonds. The van der Waals surface area contributed by atoms with Gasteiger partial charge in [0.25, 0.3) is 0 Å². The Balaban J connectivity index is 2.69. The van der Waals surface area contributed by atoms with Crippen molar-refractivity contribution in [3.05, 3.63) is 29.8 Å². The van der Waals surface area contributed by atoms with Crippen LogP contribution in [0, 0.1) is 5.92 Å². The molecule has 0 radical (unpaired) electrons. The molecule has 0 spiro atoms. The molecule has 1 unspecified atom stereocenters. The molecule has 0 aliphatic rings. The fraction of sp³-hybridized carbons (Fsp3) is 0.579. The molecular weight excluding hydrogens is 292 g/mol. The number of esters is 2. The largest absolute Gasteiger partial charge is 0.456 e. The number of benzene rings is 1. The maximum Gasteiger partial charge on any atom is 0.342 e. The molecule has 0 bridgehead atoms. The van der Waals surface area contributed by atoms with Gasteiger partial charge in [0.2, 0.25) is 0 Å². The average Bonchev–Trinajstić information content (AvgIpc) is 2.46. The van der Waals surface area contributed by atoms with Gasteiger partial charge in [-0.25, -0.2) is 4.79 Å². The highest BCUT2D eigenvalue weighted by Gasteiger charge is 2.25. The molecular formula is C19H28O4. The average molecular weight is 320 g/mol. The van der Waals surface area contributed by atoms with E-state index in [2.05, 4.69) is 13.8 Å². The molecule has 0 aromatic heterocycles. The second-order valence-corrected chi connectivity index (χ2v) is 6.64. The van der Waals surface area contributed by atoms with Gasteiger partial charge in [-0.3, -0.25) is 4.79 Å². The van der Waals surface area contributed by atoms with Crippen LogP contribution in [-0.4, -0.2) is 17.5 Å². The summed E-state index contributed by atoms with van der Waals surface area (Å²) in [5, 5.41) is 0. The van der Waals surface area contributed by atoms with Crippen molar-refractivity contribution in [2.45, 2.75) is 65.9 Å². The Morgan fingerprint density at radius 2 is 1.87 bits per heavy atom. The summed E-state index contributed by atoms with van der Waals surface area (Å²) in [5.74, 6) is 0.0000488. The minimum absolute atomic E-state index is 0.236. The lowest BCUT2D eigenvalue weighted by atomic mass is 9.95. The van der Waals surface area contributed by atoms with Crippen molar-refractivity contribution in [1.29, 1.82) is 0 Å². The quantitative estimate of drug-likeness (QED) is 0.511. The first-order valence-electron chi connectivity index (χ1n) is 8.26. The molecule has 0 saturated heterocycles. The summed E-state index contributed by atoms with van der Waals surface area (Å²) in [5.41, 5.74) is -0.272. The van der Waals surface area contributed by atoms with Crippen molar-refractivity contribution in [2.24, 2.45) is 5.92 Å². The summed E-state index contributed by atoms with van der Waals surface area (Å²) in [4.78, 5) is 23.5. The maximum absolute atomic E-state index is 12.4. The summed E-state index contributed by atoms with van der Waals surface area (Å²) < 4.78 is 10.7. The number of ether oxygens (including phenoxy) is 2. The van der Waals surface area contributed by atoms with Gasteiger partial charge in [-0.1, -0.05) is 38.8 Å². The van der Waals surface area contributed by atoms with Gasteiger partial charge in [0.05, 0.1) is 0 Å². The lowest BCUT2D eigenvalue weighted by Crippen LogP contribution is -2.28. The fourth-order valence-corrected chi connectivity index (χ4v) is 2.32. The lowest BCUT2D eigenvalue weighted by molar-refractivity contribution is -0.131. The predicted octanol–water partition coefficient (Wildman–Crippen LogP) is 4.76. The first-order chi connectivity index (χ1) is 10.7. The van der Waals surface area contributed by atoms with Crippen LogP contribution < -0.4 is 4.74 Å². The highest BCUT2D eigenvalue weighted by atomic mass is 16.6. The summed E-state index contributed by atoms with van der Waals surface area (Å²) >= 11 is 0. The van der Waals surface area contributed by atoms with Crippen molar-refractivity contribution in [3.63, 3.8) is 0 Å². The molecule has 0 saturated carbocycles. The summed E-state index contributed by atoms with van der Waals surface area (Å²) in [6, 6.07) is 6.63. The Hall–Kier alpha value is -1.84. The minimum Gasteiger partial charge on any atom is -0.456 e. The summed E-state index contributed by atoms with van der Waals surface area (Å²) in [7, 11) is 0. The van der Waals surface area contributed by atoms with Gasteiger partial charge < -0.3 is 9.47 Å². The lowest BCUT2D eigenvalue weighted by Gasteiger charge is -2.26. The molecule has 0 N–H and O–H groups in total. The van der Waals surface area contributed by atoms with Gasteiger partial charge in [0.1, 0.15) is 16.9 Å². The molecule has 0 aliphatic carbocycles. The Kier molecular flexibility index (Phi) is 7.27. The molecule has 1 atom stereocenters. The molecule has 1 aromatic rings. The molecule has 0 fully saturated rings. The number of hydrogen-bond acceptors (Lipinski definition) is 4. The zero-order valence-electron chi connectivity index (χ0n) is 14.8. The second-order valence-electron chi connectivity index (χ2n) is 6.64. The number of rotatable bonds is 8. The highest BCUT2D eigenvalue weighted by Crippen LogP contribution is 2.25. The minimum atomic E-state index is -0.548. The Morgan fingerprint density at radius 1 is 1.22 bits per heavy atom. The van der Waals surface area contributed by atoms with Crippen LogP contribution in [0.2, 0.25) is 0 Å². The smallest absolute Gasteiger partial charge is 0.342 e. The van der Waals surface area contributed by atoms with Gasteiger partial charge in [0.15, 0.2) is 0 Å². The number of carbonyl (C=O) groups excluding carboxylic acids is 2. The highest BCUT2D eigenvalue weighted by molar-refractivity contribution is 5.93. The fourth-order valence-electron chi connectivity index (χ4n) is 2.32. The van der Waals surface area contributed by atoms with E-state index in [9.17, 15) is 9.59 Å². The molecule has 4 nitrogen and oxygen atoms in total. The molecule has 128 valence electrons. The third-order valence-electron chi connectivity index (χ3n) is 3.90. The first kappa shape index (κ1) is 19.2. The molecule has 23 heavy (non-hydrogen) atoms. The SMILES string of the molecule is CCC(C)CCCC(C)(C)OC(=O)c1ccccc1OC(C)=O. The second kappa shape index (κ2) is 8.70. The summed E-state index contributed by atoms with van der Waals surface area (Å²) in [6.07, 6.45) is 4.11. The predicted molar refractivity (Wildman–Crippen MR) is 90.6 cm³/mol. The van der Waals surface area contributed by atoms with E-state index in [1.165, 1.54) is 6.92 Å². The molecule has 1 rings (SSSR count). The van der Waals surface area contributed by atoms with E-state index in [0.717, 1.165) is 25.7 Å². The Morgan fingerprint density at radius 3 is 2.48 bits per heavy atom. The molecule has 4 heteroatoms. The molecule has 0 heterocycles. The van der Waals surface area contributed by atoms with Crippen LogP contribution in [0.3, 0.4) is 0 Å². The molecule has 0 aliphatic heterocycles. The van der Waals surface area contributed by atoms with E-state index in [4.69, 9.17) is 9.47 Å². The van der Waals surface area contributed by atoms with Crippen LogP contribution in [0.1, 0.15) is 70.7 Å². The van der Waals surface area contributed by atoms with Crippen molar-refractivity contribution in [2.75, 3.05) is 0 Å². The zero-order chi connectivity index (χ0) is 17.5. The van der Waals surface area contributed by atoms with Crippen LogP contribution in [0.4, 0.5) is 0 Å². The third kappa shape index (κ3) is 6.85. The van der Waals surface area contributed by atoms with Crippen molar-refractivity contribution in [3.8, 4) is 5.75 Å². The first-order valence-corrected chi connectivity index (χ1v) is 8.26. The number of para-hydroxylation sites is 1. The van der Waals surface area contributed by atoms with Crippen LogP contribution in [-0.2, 0) is 9.53 Å². The van der Waals surface area contributed by atoms with Crippen molar-refractivity contribution < 1.29 is 19.1 Å². The third-order valence-corrected chi connectivity index (χ3v) is 3.90. The van der Waals surface area contributed by atoms with E-state index < -0.39 is 17.5 Å². The van der Waals surface area contributed by atoms with Crippen molar-refractivity contribution >= 4 is 11.9 Å². The number of hydrogen-bond donors (Lipinski definition) is 0. The van der Waals surface area contributed by atoms with Gasteiger partial charge in [0, 0.05) is 6.92 Å². The van der Waals surface area contributed by atoms with E-state index in [1.807, 2.05) is 13.8 Å². The molecule has 1 aromatic carbocycles. The zero-order valence-corrected chi connectivity index (χ0v) is 14.8. The monoisotopic (exact) mass is 320 g/mol. The maximum atomic E-state index is 12.4. The van der Waals surface area contributed by atoms with E-state index in [-0.39, 0.29) is 11.3 Å². The number of carbonyl (C=O) groups is 2. The van der Waals surface area contributed by atoms with E-state index in [1.54, 1.807) is 24.3 Å². The Labute approximate surface area is 139 Å². The summed E-state index contributed by atoms with van der Waals surface area (Å²) in [6.45, 7) is 9.54. The van der Waals surface area contributed by atoms with E-state index >= 15 is 0 Å². The van der Waals surface area contributed by atoms with Crippen LogP contribution >= 0.6 is 0 Å². The van der Waals surface area contributed by atoms with Crippen LogP contribution in [0.15, 0.2) is 24.3 Å². The van der Waals surface area contributed by atoms with Crippen LogP contribution in [0.5, 0.6) is 5.75 Å². The topological polar surface area (TPSA) is 52.6 Å². The standard InChI is InChI=1S/C19H28O4/c1-6-14(2)10-9-13-19(4,5)23-18(21)16-11-7-8-12-17(16)22-15(3)20/h7-8,11-12,14H,6,9-10,13H2,1-5H3. The van der Waals surface area contributed by atoms with Crippen molar-refractivity contribution in [1.82, 2.24) is 0 Å². The van der Waals surface area contributed by atoms with E-state index in [0.29, 0.717) is 5.92 Å². The van der Waals surface area contributed by atoms with Gasteiger partial charge in [-0.2, -0.15) is 0 Å². The van der Waals surface area contributed by atoms with Gasteiger partial charge in [-0.05, 0) is 44.7 Å².